The largest absolute Gasteiger partial charge is 0.416 e. The van der Waals surface area contributed by atoms with Gasteiger partial charge >= 0.3 is 6.18 Å². The SMILES string of the molecule is CCCCNc1ccc(C(F)(F)F)cc1NC(=O)CN.Cl. The van der Waals surface area contributed by atoms with Gasteiger partial charge in [-0.05, 0) is 24.6 Å². The van der Waals surface area contributed by atoms with Crippen LogP contribution in [0, 0.1) is 0 Å². The van der Waals surface area contributed by atoms with Crippen LogP contribution in [0.3, 0.4) is 0 Å². The lowest BCUT2D eigenvalue weighted by Gasteiger charge is -2.15. The third-order valence-electron chi connectivity index (χ3n) is 2.65. The van der Waals surface area contributed by atoms with Gasteiger partial charge in [0.25, 0.3) is 0 Å². The van der Waals surface area contributed by atoms with Crippen LogP contribution in [-0.2, 0) is 11.0 Å². The third-order valence-corrected chi connectivity index (χ3v) is 2.65. The molecule has 0 atom stereocenters. The van der Waals surface area contributed by atoms with Gasteiger partial charge in [0.2, 0.25) is 5.91 Å². The molecule has 1 aromatic rings. The van der Waals surface area contributed by atoms with E-state index < -0.39 is 17.6 Å². The minimum atomic E-state index is -4.45. The fourth-order valence-corrected chi connectivity index (χ4v) is 1.58. The van der Waals surface area contributed by atoms with E-state index in [1.54, 1.807) is 0 Å². The molecule has 1 aromatic carbocycles. The molecule has 0 heterocycles. The van der Waals surface area contributed by atoms with Crippen LogP contribution in [0.2, 0.25) is 0 Å². The molecular formula is C13H19ClF3N3O. The summed E-state index contributed by atoms with van der Waals surface area (Å²) in [6, 6.07) is 3.19. The van der Waals surface area contributed by atoms with E-state index in [9.17, 15) is 18.0 Å². The van der Waals surface area contributed by atoms with Crippen molar-refractivity contribution in [3.8, 4) is 0 Å². The van der Waals surface area contributed by atoms with E-state index in [1.165, 1.54) is 6.07 Å². The lowest BCUT2D eigenvalue weighted by Crippen LogP contribution is -2.23. The lowest BCUT2D eigenvalue weighted by molar-refractivity contribution is -0.137. The minimum absolute atomic E-state index is 0. The Morgan fingerprint density at radius 1 is 1.29 bits per heavy atom. The van der Waals surface area contributed by atoms with Crippen molar-refractivity contribution in [2.24, 2.45) is 5.73 Å². The molecule has 0 saturated carbocycles. The molecule has 120 valence electrons. The smallest absolute Gasteiger partial charge is 0.383 e. The highest BCUT2D eigenvalue weighted by molar-refractivity contribution is 5.95. The molecule has 0 aliphatic heterocycles. The van der Waals surface area contributed by atoms with E-state index in [1.807, 2.05) is 6.92 Å². The second-order valence-electron chi connectivity index (χ2n) is 4.29. The van der Waals surface area contributed by atoms with Gasteiger partial charge in [0.15, 0.2) is 0 Å². The number of nitrogens with one attached hydrogen (secondary N) is 2. The normalized spacial score (nSPS) is 10.7. The summed E-state index contributed by atoms with van der Waals surface area (Å²) in [5, 5.41) is 5.37. The summed E-state index contributed by atoms with van der Waals surface area (Å²) in [5.74, 6) is -0.539. The summed E-state index contributed by atoms with van der Waals surface area (Å²) in [6.45, 7) is 2.34. The van der Waals surface area contributed by atoms with Crippen LogP contribution in [0.15, 0.2) is 18.2 Å². The van der Waals surface area contributed by atoms with Crippen molar-refractivity contribution in [2.45, 2.75) is 25.9 Å². The Morgan fingerprint density at radius 3 is 2.48 bits per heavy atom. The number of carbonyl (C=O) groups excluding carboxylic acids is 1. The maximum atomic E-state index is 12.7. The van der Waals surface area contributed by atoms with Crippen molar-refractivity contribution in [1.82, 2.24) is 0 Å². The molecule has 4 N–H and O–H groups in total. The monoisotopic (exact) mass is 325 g/mol. The van der Waals surface area contributed by atoms with Gasteiger partial charge < -0.3 is 16.4 Å². The molecule has 21 heavy (non-hydrogen) atoms. The first-order valence-corrected chi connectivity index (χ1v) is 6.33. The van der Waals surface area contributed by atoms with E-state index in [0.29, 0.717) is 12.2 Å². The first-order valence-electron chi connectivity index (χ1n) is 6.33. The number of nitrogens with two attached hydrogens (primary N) is 1. The molecule has 0 fully saturated rings. The van der Waals surface area contributed by atoms with Gasteiger partial charge in [0.1, 0.15) is 0 Å². The standard InChI is InChI=1S/C13H18F3N3O.ClH/c1-2-3-6-18-10-5-4-9(13(14,15)16)7-11(10)19-12(20)8-17;/h4-5,7,18H,2-3,6,8,17H2,1H3,(H,19,20);1H. The van der Waals surface area contributed by atoms with Gasteiger partial charge in [-0.3, -0.25) is 4.79 Å². The summed E-state index contributed by atoms with van der Waals surface area (Å²) >= 11 is 0. The first-order chi connectivity index (χ1) is 9.38. The Balaban J connectivity index is 0.00000400. The molecule has 0 saturated heterocycles. The van der Waals surface area contributed by atoms with Crippen LogP contribution >= 0.6 is 12.4 Å². The number of anilines is 2. The molecule has 0 radical (unpaired) electrons. The van der Waals surface area contributed by atoms with Crippen molar-refractivity contribution >= 4 is 29.7 Å². The van der Waals surface area contributed by atoms with Crippen LogP contribution in [0.4, 0.5) is 24.5 Å². The number of benzene rings is 1. The van der Waals surface area contributed by atoms with Gasteiger partial charge in [-0.2, -0.15) is 13.2 Å². The molecular weight excluding hydrogens is 307 g/mol. The van der Waals surface area contributed by atoms with Gasteiger partial charge in [0, 0.05) is 6.54 Å². The number of halogens is 4. The number of unbranched alkanes of at least 4 members (excludes halogenated alkanes) is 1. The Kier molecular flexibility index (Phi) is 8.12. The molecule has 0 spiro atoms. The molecule has 0 bridgehead atoms. The summed E-state index contributed by atoms with van der Waals surface area (Å²) < 4.78 is 38.0. The molecule has 0 unspecified atom stereocenters. The molecule has 4 nitrogen and oxygen atoms in total. The summed E-state index contributed by atoms with van der Waals surface area (Å²) in [7, 11) is 0. The van der Waals surface area contributed by atoms with Gasteiger partial charge in [0.05, 0.1) is 23.5 Å². The zero-order valence-electron chi connectivity index (χ0n) is 11.6. The average Bonchev–Trinajstić information content (AvgIpc) is 2.39. The maximum absolute atomic E-state index is 12.7. The molecule has 8 heteroatoms. The van der Waals surface area contributed by atoms with Crippen molar-refractivity contribution in [1.29, 1.82) is 0 Å². The zero-order valence-corrected chi connectivity index (χ0v) is 12.4. The quantitative estimate of drug-likeness (QED) is 0.703. The second-order valence-corrected chi connectivity index (χ2v) is 4.29. The highest BCUT2D eigenvalue weighted by Gasteiger charge is 2.31. The van der Waals surface area contributed by atoms with Gasteiger partial charge in [-0.15, -0.1) is 12.4 Å². The highest BCUT2D eigenvalue weighted by Crippen LogP contribution is 2.34. The topological polar surface area (TPSA) is 67.1 Å². The Morgan fingerprint density at radius 2 is 1.95 bits per heavy atom. The van der Waals surface area contributed by atoms with E-state index >= 15 is 0 Å². The Hall–Kier alpha value is -1.47. The average molecular weight is 326 g/mol. The fourth-order valence-electron chi connectivity index (χ4n) is 1.58. The van der Waals surface area contributed by atoms with E-state index in [0.717, 1.165) is 25.0 Å². The van der Waals surface area contributed by atoms with Crippen LogP contribution < -0.4 is 16.4 Å². The molecule has 0 aliphatic rings. The summed E-state index contributed by atoms with van der Waals surface area (Å²) in [6.07, 6.45) is -2.62. The van der Waals surface area contributed by atoms with Gasteiger partial charge in [-0.1, -0.05) is 13.3 Å². The Labute approximate surface area is 127 Å². The van der Waals surface area contributed by atoms with Crippen LogP contribution in [0.5, 0.6) is 0 Å². The van der Waals surface area contributed by atoms with Crippen molar-refractivity contribution in [3.05, 3.63) is 23.8 Å². The third kappa shape index (κ3) is 6.22. The van der Waals surface area contributed by atoms with E-state index in [-0.39, 0.29) is 24.6 Å². The van der Waals surface area contributed by atoms with E-state index in [2.05, 4.69) is 10.6 Å². The van der Waals surface area contributed by atoms with E-state index in [4.69, 9.17) is 5.73 Å². The predicted molar refractivity (Wildman–Crippen MR) is 79.8 cm³/mol. The van der Waals surface area contributed by atoms with Crippen LogP contribution in [0.25, 0.3) is 0 Å². The van der Waals surface area contributed by atoms with Crippen LogP contribution in [-0.4, -0.2) is 19.0 Å². The number of hydrogen-bond acceptors (Lipinski definition) is 3. The maximum Gasteiger partial charge on any atom is 0.416 e. The number of alkyl halides is 3. The van der Waals surface area contributed by atoms with Crippen molar-refractivity contribution in [2.75, 3.05) is 23.7 Å². The van der Waals surface area contributed by atoms with Crippen molar-refractivity contribution in [3.63, 3.8) is 0 Å². The Bertz CT molecular complexity index is 466. The molecule has 1 rings (SSSR count). The number of amides is 1. The molecule has 0 aromatic heterocycles. The summed E-state index contributed by atoms with van der Waals surface area (Å²) in [5.41, 5.74) is 4.89. The molecule has 1 amide bonds. The zero-order chi connectivity index (χ0) is 15.2. The highest BCUT2D eigenvalue weighted by atomic mass is 35.5. The van der Waals surface area contributed by atoms with Crippen molar-refractivity contribution < 1.29 is 18.0 Å². The predicted octanol–water partition coefficient (Wildman–Crippen LogP) is 3.24. The number of carbonyl (C=O) groups is 1. The number of rotatable bonds is 6. The summed E-state index contributed by atoms with van der Waals surface area (Å²) in [4.78, 5) is 11.3. The molecule has 0 aliphatic carbocycles. The first kappa shape index (κ1) is 19.5. The lowest BCUT2D eigenvalue weighted by atomic mass is 10.1. The second kappa shape index (κ2) is 8.74. The fraction of sp³-hybridized carbons (Fsp3) is 0.462. The number of hydrogen-bond donors (Lipinski definition) is 3. The minimum Gasteiger partial charge on any atom is -0.383 e. The van der Waals surface area contributed by atoms with Crippen LogP contribution in [0.1, 0.15) is 25.3 Å². The van der Waals surface area contributed by atoms with Gasteiger partial charge in [-0.25, -0.2) is 0 Å².